The summed E-state index contributed by atoms with van der Waals surface area (Å²) in [7, 11) is 0. The molecule has 2 N–H and O–H groups in total. The van der Waals surface area contributed by atoms with Crippen LogP contribution in [0.1, 0.15) is 24.2 Å². The van der Waals surface area contributed by atoms with Gasteiger partial charge >= 0.3 is 6.18 Å². The standard InChI is InChI=1S/C13H17F4NO2/c1-8-5-12(10(9(2)20)6-11(8)14)18(3-4-19)7-13(15,16)17/h5-6,9,19-20H,3-4,7H2,1-2H3/t9-/m0/s1. The van der Waals surface area contributed by atoms with Crippen molar-refractivity contribution in [3.05, 3.63) is 29.1 Å². The van der Waals surface area contributed by atoms with E-state index in [4.69, 9.17) is 5.11 Å². The normalized spacial score (nSPS) is 13.4. The average Bonchev–Trinajstić information content (AvgIpc) is 2.29. The van der Waals surface area contributed by atoms with Gasteiger partial charge in [-0.05, 0) is 31.5 Å². The van der Waals surface area contributed by atoms with E-state index >= 15 is 0 Å². The minimum Gasteiger partial charge on any atom is -0.395 e. The zero-order valence-corrected chi connectivity index (χ0v) is 11.2. The van der Waals surface area contributed by atoms with E-state index in [1.807, 2.05) is 0 Å². The maximum absolute atomic E-state index is 13.5. The molecule has 1 aromatic carbocycles. The minimum atomic E-state index is -4.46. The average molecular weight is 295 g/mol. The van der Waals surface area contributed by atoms with E-state index in [0.29, 0.717) is 0 Å². The van der Waals surface area contributed by atoms with Gasteiger partial charge in [0.1, 0.15) is 12.4 Å². The Morgan fingerprint density at radius 2 is 1.90 bits per heavy atom. The Bertz CT molecular complexity index is 460. The van der Waals surface area contributed by atoms with Gasteiger partial charge in [0.2, 0.25) is 0 Å². The molecule has 0 radical (unpaired) electrons. The highest BCUT2D eigenvalue weighted by atomic mass is 19.4. The molecule has 0 aliphatic heterocycles. The molecule has 114 valence electrons. The van der Waals surface area contributed by atoms with Crippen LogP contribution in [-0.2, 0) is 0 Å². The molecule has 0 amide bonds. The van der Waals surface area contributed by atoms with Crippen molar-refractivity contribution in [2.45, 2.75) is 26.1 Å². The molecule has 0 heterocycles. The molecule has 0 saturated carbocycles. The third-order valence-corrected chi connectivity index (χ3v) is 2.84. The molecule has 0 aliphatic rings. The highest BCUT2D eigenvalue weighted by Crippen LogP contribution is 2.31. The van der Waals surface area contributed by atoms with Gasteiger partial charge < -0.3 is 15.1 Å². The predicted octanol–water partition coefficient (Wildman–Crippen LogP) is 2.55. The van der Waals surface area contributed by atoms with Crippen LogP contribution in [0, 0.1) is 12.7 Å². The summed E-state index contributed by atoms with van der Waals surface area (Å²) in [6.45, 7) is 0.752. The van der Waals surface area contributed by atoms with Crippen LogP contribution in [0.5, 0.6) is 0 Å². The van der Waals surface area contributed by atoms with E-state index in [0.717, 1.165) is 11.0 Å². The lowest BCUT2D eigenvalue weighted by Gasteiger charge is -2.28. The number of alkyl halides is 3. The van der Waals surface area contributed by atoms with Crippen LogP contribution in [0.3, 0.4) is 0 Å². The summed E-state index contributed by atoms with van der Waals surface area (Å²) in [5.41, 5.74) is 0.311. The summed E-state index contributed by atoms with van der Waals surface area (Å²) in [5, 5.41) is 18.5. The summed E-state index contributed by atoms with van der Waals surface area (Å²) < 4.78 is 51.2. The first kappa shape index (κ1) is 16.7. The van der Waals surface area contributed by atoms with E-state index in [2.05, 4.69) is 0 Å². The summed E-state index contributed by atoms with van der Waals surface area (Å²) in [4.78, 5) is 0.883. The fraction of sp³-hybridized carbons (Fsp3) is 0.538. The van der Waals surface area contributed by atoms with Crippen LogP contribution in [0.4, 0.5) is 23.2 Å². The molecule has 0 saturated heterocycles. The summed E-state index contributed by atoms with van der Waals surface area (Å²) in [6, 6.07) is 2.27. The second-order valence-corrected chi connectivity index (χ2v) is 4.60. The molecule has 0 unspecified atom stereocenters. The van der Waals surface area contributed by atoms with Crippen LogP contribution >= 0.6 is 0 Å². The molecule has 0 aliphatic carbocycles. The molecule has 20 heavy (non-hydrogen) atoms. The monoisotopic (exact) mass is 295 g/mol. The van der Waals surface area contributed by atoms with Gasteiger partial charge in [-0.15, -0.1) is 0 Å². The second kappa shape index (κ2) is 6.41. The maximum atomic E-state index is 13.5. The first-order valence-corrected chi connectivity index (χ1v) is 6.06. The van der Waals surface area contributed by atoms with Crippen LogP contribution < -0.4 is 4.90 Å². The first-order chi connectivity index (χ1) is 9.15. The Kier molecular flexibility index (Phi) is 5.35. The van der Waals surface area contributed by atoms with E-state index in [-0.39, 0.29) is 23.4 Å². The fourth-order valence-corrected chi connectivity index (χ4v) is 1.91. The zero-order chi connectivity index (χ0) is 15.5. The third-order valence-electron chi connectivity index (χ3n) is 2.84. The Hall–Kier alpha value is -1.34. The van der Waals surface area contributed by atoms with E-state index in [1.54, 1.807) is 0 Å². The lowest BCUT2D eigenvalue weighted by Crippen LogP contribution is -2.37. The Labute approximate surface area is 114 Å². The van der Waals surface area contributed by atoms with Gasteiger partial charge in [0.15, 0.2) is 0 Å². The van der Waals surface area contributed by atoms with Gasteiger partial charge in [-0.1, -0.05) is 0 Å². The van der Waals surface area contributed by atoms with E-state index in [1.165, 1.54) is 19.9 Å². The fourth-order valence-electron chi connectivity index (χ4n) is 1.91. The molecule has 7 heteroatoms. The third kappa shape index (κ3) is 4.35. The molecule has 0 bridgehead atoms. The minimum absolute atomic E-state index is 0.0609. The number of rotatable bonds is 5. The van der Waals surface area contributed by atoms with Crippen LogP contribution in [-0.4, -0.2) is 36.1 Å². The van der Waals surface area contributed by atoms with Crippen molar-refractivity contribution in [1.29, 1.82) is 0 Å². The SMILES string of the molecule is Cc1cc(N(CCO)CC(F)(F)F)c([C@H](C)O)cc1F. The van der Waals surface area contributed by atoms with Gasteiger partial charge in [-0.2, -0.15) is 13.2 Å². The molecular weight excluding hydrogens is 278 g/mol. The summed E-state index contributed by atoms with van der Waals surface area (Å²) in [6.07, 6.45) is -5.58. The molecule has 1 aromatic rings. The highest BCUT2D eigenvalue weighted by molar-refractivity contribution is 5.57. The largest absolute Gasteiger partial charge is 0.405 e. The number of hydrogen-bond acceptors (Lipinski definition) is 3. The second-order valence-electron chi connectivity index (χ2n) is 4.60. The van der Waals surface area contributed by atoms with Gasteiger partial charge in [0.25, 0.3) is 0 Å². The van der Waals surface area contributed by atoms with Crippen molar-refractivity contribution in [1.82, 2.24) is 0 Å². The summed E-state index contributed by atoms with van der Waals surface area (Å²) >= 11 is 0. The lowest BCUT2D eigenvalue weighted by atomic mass is 10.0. The molecular formula is C13H17F4NO2. The Morgan fingerprint density at radius 1 is 1.30 bits per heavy atom. The molecule has 0 aromatic heterocycles. The van der Waals surface area contributed by atoms with Gasteiger partial charge in [-0.25, -0.2) is 4.39 Å². The maximum Gasteiger partial charge on any atom is 0.405 e. The smallest absolute Gasteiger partial charge is 0.395 e. The number of benzene rings is 1. The van der Waals surface area contributed by atoms with Crippen molar-refractivity contribution >= 4 is 5.69 Å². The van der Waals surface area contributed by atoms with Gasteiger partial charge in [0, 0.05) is 17.8 Å². The molecule has 1 atom stereocenters. The van der Waals surface area contributed by atoms with Crippen molar-refractivity contribution in [2.75, 3.05) is 24.6 Å². The molecule has 0 spiro atoms. The van der Waals surface area contributed by atoms with Crippen molar-refractivity contribution in [3.8, 4) is 0 Å². The topological polar surface area (TPSA) is 43.7 Å². The number of halogens is 4. The van der Waals surface area contributed by atoms with Crippen molar-refractivity contribution in [3.63, 3.8) is 0 Å². The van der Waals surface area contributed by atoms with Crippen LogP contribution in [0.25, 0.3) is 0 Å². The zero-order valence-electron chi connectivity index (χ0n) is 11.2. The number of nitrogens with zero attached hydrogens (tertiary/aromatic N) is 1. The predicted molar refractivity (Wildman–Crippen MR) is 67.1 cm³/mol. The van der Waals surface area contributed by atoms with Crippen LogP contribution in [0.15, 0.2) is 12.1 Å². The molecule has 1 rings (SSSR count). The Balaban J connectivity index is 3.27. The van der Waals surface area contributed by atoms with E-state index < -0.39 is 31.2 Å². The number of aliphatic hydroxyl groups excluding tert-OH is 2. The molecule has 0 fully saturated rings. The quantitative estimate of drug-likeness (QED) is 0.821. The summed E-state index contributed by atoms with van der Waals surface area (Å²) in [5.74, 6) is -0.597. The first-order valence-electron chi connectivity index (χ1n) is 6.06. The molecule has 3 nitrogen and oxygen atoms in total. The number of anilines is 1. The highest BCUT2D eigenvalue weighted by Gasteiger charge is 2.32. The van der Waals surface area contributed by atoms with Gasteiger partial charge in [-0.3, -0.25) is 0 Å². The van der Waals surface area contributed by atoms with Crippen molar-refractivity contribution < 1.29 is 27.8 Å². The van der Waals surface area contributed by atoms with E-state index in [9.17, 15) is 22.7 Å². The van der Waals surface area contributed by atoms with Crippen molar-refractivity contribution in [2.24, 2.45) is 0 Å². The number of aliphatic hydroxyl groups is 2. The van der Waals surface area contributed by atoms with Gasteiger partial charge in [0.05, 0.1) is 12.7 Å². The van der Waals surface area contributed by atoms with Crippen LogP contribution in [0.2, 0.25) is 0 Å². The number of hydrogen-bond donors (Lipinski definition) is 2. The lowest BCUT2D eigenvalue weighted by molar-refractivity contribution is -0.119. The Morgan fingerprint density at radius 3 is 2.35 bits per heavy atom. The number of aryl methyl sites for hydroxylation is 1.